The number of hydrogen-bond donors (Lipinski definition) is 1. The Hall–Kier alpha value is -3.57. The Bertz CT molecular complexity index is 1780. The number of ether oxygens (including phenoxy) is 1. The van der Waals surface area contributed by atoms with Crippen molar-refractivity contribution in [2.45, 2.75) is 56.4 Å². The van der Waals surface area contributed by atoms with Gasteiger partial charge in [-0.2, -0.15) is 23.7 Å². The monoisotopic (exact) mass is 676 g/mol. The predicted octanol–water partition coefficient (Wildman–Crippen LogP) is 7.79. The molecule has 10 heteroatoms. The van der Waals surface area contributed by atoms with Gasteiger partial charge >= 0.3 is 6.18 Å². The number of benzene rings is 3. The third-order valence-electron chi connectivity index (χ3n) is 9.62. The molecule has 6 nitrogen and oxygen atoms in total. The Labute approximate surface area is 283 Å². The fourth-order valence-electron chi connectivity index (χ4n) is 6.82. The van der Waals surface area contributed by atoms with Crippen molar-refractivity contribution >= 4 is 32.7 Å². The minimum Gasteiger partial charge on any atom is -0.379 e. The standard InChI is InChI=1S/C38H43F3N4O2S/c1-4-48(3)31-13-14-34-32(24-31)35(37(46)42-26(2)27-9-6-5-7-10-27)33(36(43-34)28-11-8-12-29(23-28)38(39,40)41)25-44-17-15-30(16-18-44)45-19-21-47-22-20-45/h4-14,23-24,26,30H,15-22,25H2,1-3H3,(H,42,46)/t26-,48?/m0/s1. The van der Waals surface area contributed by atoms with E-state index >= 15 is 0 Å². The summed E-state index contributed by atoms with van der Waals surface area (Å²) in [6, 6.07) is 21.2. The zero-order valence-corrected chi connectivity index (χ0v) is 28.5. The number of pyridine rings is 1. The van der Waals surface area contributed by atoms with E-state index in [-0.39, 0.29) is 22.4 Å². The summed E-state index contributed by atoms with van der Waals surface area (Å²) in [4.78, 5) is 25.5. The van der Waals surface area contributed by atoms with Crippen LogP contribution in [0.4, 0.5) is 13.2 Å². The lowest BCUT2D eigenvalue weighted by molar-refractivity contribution is -0.137. The van der Waals surface area contributed by atoms with Gasteiger partial charge in [0.25, 0.3) is 5.91 Å². The molecule has 0 spiro atoms. The second kappa shape index (κ2) is 14.9. The number of nitrogens with one attached hydrogen (secondary N) is 1. The van der Waals surface area contributed by atoms with Crippen LogP contribution in [-0.2, 0) is 17.5 Å². The summed E-state index contributed by atoms with van der Waals surface area (Å²) < 4.78 is 47.4. The number of carbonyl (C=O) groups is 1. The number of halogens is 3. The highest BCUT2D eigenvalue weighted by atomic mass is 32.2. The largest absolute Gasteiger partial charge is 0.416 e. The Balaban J connectivity index is 1.48. The van der Waals surface area contributed by atoms with Crippen LogP contribution in [0.2, 0.25) is 0 Å². The first-order valence-corrected chi connectivity index (χ1v) is 18.3. The third kappa shape index (κ3) is 7.67. The smallest absolute Gasteiger partial charge is 0.379 e. The maximum atomic E-state index is 14.6. The molecule has 3 aromatic carbocycles. The van der Waals surface area contributed by atoms with E-state index in [0.29, 0.717) is 45.9 Å². The summed E-state index contributed by atoms with van der Waals surface area (Å²) in [5.41, 5.74) is 2.67. The molecular formula is C38H43F3N4O2S. The van der Waals surface area contributed by atoms with Crippen molar-refractivity contribution in [2.75, 3.05) is 45.6 Å². The van der Waals surface area contributed by atoms with Crippen molar-refractivity contribution in [3.63, 3.8) is 0 Å². The molecule has 2 aliphatic heterocycles. The first-order chi connectivity index (χ1) is 23.1. The Kier molecular flexibility index (Phi) is 10.6. The topological polar surface area (TPSA) is 57.7 Å². The van der Waals surface area contributed by atoms with Crippen LogP contribution in [-0.4, -0.2) is 77.7 Å². The Morgan fingerprint density at radius 3 is 2.44 bits per heavy atom. The highest BCUT2D eigenvalue weighted by molar-refractivity contribution is 8.14. The van der Waals surface area contributed by atoms with Gasteiger partial charge in [-0.1, -0.05) is 47.8 Å². The Morgan fingerprint density at radius 1 is 1.02 bits per heavy atom. The van der Waals surface area contributed by atoms with E-state index in [0.717, 1.165) is 74.8 Å². The van der Waals surface area contributed by atoms with Crippen molar-refractivity contribution in [1.82, 2.24) is 20.1 Å². The number of likely N-dealkylation sites (tertiary alicyclic amines) is 1. The van der Waals surface area contributed by atoms with Gasteiger partial charge in [-0.15, -0.1) is 0 Å². The molecule has 2 saturated heterocycles. The molecule has 2 atom stereocenters. The fraction of sp³-hybridized carbons (Fsp3) is 0.395. The molecule has 1 aromatic heterocycles. The summed E-state index contributed by atoms with van der Waals surface area (Å²) in [5.74, 6) is -0.265. The van der Waals surface area contributed by atoms with Crippen molar-refractivity contribution in [2.24, 2.45) is 0 Å². The number of piperidine rings is 1. The average Bonchev–Trinajstić information content (AvgIpc) is 3.11. The molecule has 1 amide bonds. The summed E-state index contributed by atoms with van der Waals surface area (Å²) in [5, 5.41) is 6.06. The first-order valence-electron chi connectivity index (χ1n) is 16.6. The highest BCUT2D eigenvalue weighted by Gasteiger charge is 2.32. The van der Waals surface area contributed by atoms with Crippen molar-refractivity contribution in [3.05, 3.63) is 95.1 Å². The van der Waals surface area contributed by atoms with Crippen molar-refractivity contribution < 1.29 is 22.7 Å². The van der Waals surface area contributed by atoms with Crippen LogP contribution >= 0.6 is 10.5 Å². The van der Waals surface area contributed by atoms with E-state index in [2.05, 4.69) is 26.7 Å². The van der Waals surface area contributed by atoms with Gasteiger partial charge in [0.15, 0.2) is 0 Å². The van der Waals surface area contributed by atoms with Gasteiger partial charge in [0.2, 0.25) is 0 Å². The summed E-state index contributed by atoms with van der Waals surface area (Å²) in [7, 11) is -0.166. The quantitative estimate of drug-likeness (QED) is 0.193. The lowest BCUT2D eigenvalue weighted by Crippen LogP contribution is -2.48. The number of hydrogen-bond acceptors (Lipinski definition) is 5. The molecule has 48 heavy (non-hydrogen) atoms. The van der Waals surface area contributed by atoms with E-state index < -0.39 is 11.7 Å². The van der Waals surface area contributed by atoms with E-state index in [9.17, 15) is 18.0 Å². The Morgan fingerprint density at radius 2 is 1.75 bits per heavy atom. The number of alkyl halides is 3. The molecular weight excluding hydrogens is 634 g/mol. The maximum absolute atomic E-state index is 14.6. The zero-order chi connectivity index (χ0) is 33.8. The summed E-state index contributed by atoms with van der Waals surface area (Å²) in [6.07, 6.45) is -0.437. The van der Waals surface area contributed by atoms with Crippen molar-refractivity contribution in [3.8, 4) is 11.3 Å². The molecule has 2 fully saturated rings. The molecule has 6 rings (SSSR count). The van der Waals surface area contributed by atoms with Gasteiger partial charge in [0.1, 0.15) is 0 Å². The molecule has 254 valence electrons. The van der Waals surface area contributed by atoms with Crippen LogP contribution in [0.5, 0.6) is 0 Å². The molecule has 4 aromatic rings. The molecule has 1 unspecified atom stereocenters. The van der Waals surface area contributed by atoms with Crippen LogP contribution in [0.3, 0.4) is 0 Å². The number of morpholine rings is 1. The van der Waals surface area contributed by atoms with Gasteiger partial charge < -0.3 is 10.1 Å². The van der Waals surface area contributed by atoms with Gasteiger partial charge in [-0.05, 0) is 81.9 Å². The molecule has 0 saturated carbocycles. The number of amides is 1. The van der Waals surface area contributed by atoms with Crippen molar-refractivity contribution in [1.29, 1.82) is 0 Å². The summed E-state index contributed by atoms with van der Waals surface area (Å²) in [6.45, 7) is 9.35. The van der Waals surface area contributed by atoms with Crippen LogP contribution in [0.15, 0.2) is 77.7 Å². The fourth-order valence-corrected chi connectivity index (χ4v) is 7.67. The molecule has 0 radical (unpaired) electrons. The number of aromatic nitrogens is 1. The van der Waals surface area contributed by atoms with Gasteiger partial charge in [0.05, 0.1) is 41.6 Å². The normalized spacial score (nSPS) is 18.2. The summed E-state index contributed by atoms with van der Waals surface area (Å²) >= 11 is 0. The second-order valence-corrected chi connectivity index (χ2v) is 14.7. The number of rotatable bonds is 8. The molecule has 3 heterocycles. The molecule has 0 aliphatic carbocycles. The van der Waals surface area contributed by atoms with E-state index in [1.807, 2.05) is 62.4 Å². The lowest BCUT2D eigenvalue weighted by Gasteiger charge is -2.40. The van der Waals surface area contributed by atoms with Crippen LogP contribution in [0, 0.1) is 0 Å². The minimum absolute atomic E-state index is 0.166. The third-order valence-corrected chi connectivity index (χ3v) is 11.3. The average molecular weight is 677 g/mol. The van der Waals surface area contributed by atoms with Crippen LogP contribution < -0.4 is 5.32 Å². The predicted molar refractivity (Wildman–Crippen MR) is 189 cm³/mol. The SMILES string of the molecule is C/C=S(/C)c1ccc2nc(-c3cccc(C(F)(F)F)c3)c(CN3CCC(N4CCOCC4)CC3)c(C(=O)N[C@@H](C)c3ccccc3)c2c1. The minimum atomic E-state index is -4.51. The lowest BCUT2D eigenvalue weighted by atomic mass is 9.93. The second-order valence-electron chi connectivity index (χ2n) is 12.6. The van der Waals surface area contributed by atoms with Gasteiger partial charge in [-0.25, -0.2) is 4.98 Å². The first kappa shape index (κ1) is 34.3. The van der Waals surface area contributed by atoms with E-state index in [1.54, 1.807) is 6.07 Å². The molecule has 1 N–H and O–H groups in total. The number of fused-ring (bicyclic) bond motifs is 1. The van der Waals surface area contributed by atoms with Gasteiger partial charge in [0, 0.05) is 47.1 Å². The number of carbonyl (C=O) groups excluding carboxylic acids is 1. The highest BCUT2D eigenvalue weighted by Crippen LogP contribution is 2.38. The van der Waals surface area contributed by atoms with E-state index in [4.69, 9.17) is 9.72 Å². The van der Waals surface area contributed by atoms with Gasteiger partial charge in [-0.3, -0.25) is 14.6 Å². The molecule has 2 aliphatic rings. The zero-order valence-electron chi connectivity index (χ0n) is 27.7. The van der Waals surface area contributed by atoms with Crippen LogP contribution in [0.25, 0.3) is 22.2 Å². The van der Waals surface area contributed by atoms with E-state index in [1.165, 1.54) is 6.07 Å². The maximum Gasteiger partial charge on any atom is 0.416 e. The number of nitrogens with zero attached hydrogens (tertiary/aromatic N) is 3. The van der Waals surface area contributed by atoms with Crippen LogP contribution in [0.1, 0.15) is 59.8 Å². The molecule has 0 bridgehead atoms.